The second-order valence-electron chi connectivity index (χ2n) is 7.38. The highest BCUT2D eigenvalue weighted by atomic mass is 32.1. The first-order valence-corrected chi connectivity index (χ1v) is 11.0. The third-order valence-corrected chi connectivity index (χ3v) is 6.49. The van der Waals surface area contributed by atoms with Gasteiger partial charge in [0.15, 0.2) is 4.80 Å². The van der Waals surface area contributed by atoms with Gasteiger partial charge in [0.2, 0.25) is 0 Å². The molecule has 166 valence electrons. The number of carbonyl (C=O) groups is 1. The quantitative estimate of drug-likeness (QED) is 0.552. The number of rotatable bonds is 5. The van der Waals surface area contributed by atoms with Gasteiger partial charge in [0.1, 0.15) is 5.75 Å². The normalized spacial score (nSPS) is 16.0. The van der Waals surface area contributed by atoms with Crippen molar-refractivity contribution in [3.63, 3.8) is 0 Å². The lowest BCUT2D eigenvalue weighted by atomic mass is 9.96. The minimum atomic E-state index is -0.645. The van der Waals surface area contributed by atoms with Crippen LogP contribution in [0.2, 0.25) is 0 Å². The maximum absolute atomic E-state index is 13.5. The zero-order chi connectivity index (χ0) is 23.0. The molecule has 8 nitrogen and oxygen atoms in total. The number of aryl methyl sites for hydroxylation is 1. The van der Waals surface area contributed by atoms with E-state index in [4.69, 9.17) is 9.47 Å². The number of hydrogen-bond donors (Lipinski definition) is 0. The summed E-state index contributed by atoms with van der Waals surface area (Å²) >= 11 is 1.29. The maximum Gasteiger partial charge on any atom is 0.338 e. The Labute approximate surface area is 188 Å². The summed E-state index contributed by atoms with van der Waals surface area (Å²) < 4.78 is 14.4. The van der Waals surface area contributed by atoms with E-state index in [1.165, 1.54) is 11.3 Å². The lowest BCUT2D eigenvalue weighted by Crippen LogP contribution is -2.39. The lowest BCUT2D eigenvalue weighted by Gasteiger charge is -2.24. The number of esters is 1. The molecule has 0 amide bonds. The van der Waals surface area contributed by atoms with E-state index < -0.39 is 12.0 Å². The fraction of sp³-hybridized carbons (Fsp3) is 0.304. The molecule has 1 aliphatic heterocycles. The molecule has 0 N–H and O–H groups in total. The molecule has 1 aromatic carbocycles. The molecule has 1 atom stereocenters. The number of fused-ring (bicyclic) bond motifs is 1. The highest BCUT2D eigenvalue weighted by Gasteiger charge is 2.33. The van der Waals surface area contributed by atoms with Crippen molar-refractivity contribution in [2.24, 2.45) is 12.0 Å². The van der Waals surface area contributed by atoms with Gasteiger partial charge >= 0.3 is 5.97 Å². The summed E-state index contributed by atoms with van der Waals surface area (Å²) in [4.78, 5) is 31.5. The Morgan fingerprint density at radius 2 is 1.97 bits per heavy atom. The van der Waals surface area contributed by atoms with Gasteiger partial charge < -0.3 is 9.47 Å². The fourth-order valence-corrected chi connectivity index (χ4v) is 4.73. The van der Waals surface area contributed by atoms with Gasteiger partial charge in [0.05, 0.1) is 41.8 Å². The van der Waals surface area contributed by atoms with Crippen LogP contribution in [-0.2, 0) is 16.6 Å². The largest absolute Gasteiger partial charge is 0.497 e. The minimum absolute atomic E-state index is 0.216. The summed E-state index contributed by atoms with van der Waals surface area (Å²) in [5, 5.41) is 4.25. The molecule has 0 fully saturated rings. The molecule has 3 heterocycles. The molecule has 0 radical (unpaired) electrons. The van der Waals surface area contributed by atoms with Gasteiger partial charge in [-0.05, 0) is 44.5 Å². The molecule has 0 spiro atoms. The molecule has 0 saturated carbocycles. The van der Waals surface area contributed by atoms with Gasteiger partial charge in [0.25, 0.3) is 5.56 Å². The van der Waals surface area contributed by atoms with Crippen molar-refractivity contribution in [2.45, 2.75) is 26.8 Å². The van der Waals surface area contributed by atoms with Crippen LogP contribution in [0.5, 0.6) is 5.75 Å². The van der Waals surface area contributed by atoms with Crippen molar-refractivity contribution >= 4 is 23.4 Å². The van der Waals surface area contributed by atoms with E-state index in [2.05, 4.69) is 10.1 Å². The number of carbonyl (C=O) groups excluding carboxylic acids is 1. The summed E-state index contributed by atoms with van der Waals surface area (Å²) in [5.41, 5.74) is 3.26. The van der Waals surface area contributed by atoms with Gasteiger partial charge in [-0.1, -0.05) is 23.5 Å². The van der Waals surface area contributed by atoms with Crippen LogP contribution in [0.3, 0.4) is 0 Å². The highest BCUT2D eigenvalue weighted by Crippen LogP contribution is 2.31. The number of ether oxygens (including phenoxy) is 2. The molecule has 0 bridgehead atoms. The topological polar surface area (TPSA) is 87.7 Å². The predicted octanol–water partition coefficient (Wildman–Crippen LogP) is 1.85. The summed E-state index contributed by atoms with van der Waals surface area (Å²) in [6.07, 6.45) is 3.55. The zero-order valence-electron chi connectivity index (χ0n) is 18.6. The standard InChI is InChI=1S/C23H24N4O4S/c1-6-31-22(29)19-13(2)25-23-27(20(19)15-7-9-17(30-5)10-8-15)21(28)18(32-23)11-16-12-24-26(4)14(16)3/h7-12,20H,6H2,1-5H3/b18-11-/t20-/m1/s1. The van der Waals surface area contributed by atoms with E-state index in [0.29, 0.717) is 26.4 Å². The minimum Gasteiger partial charge on any atom is -0.497 e. The Morgan fingerprint density at radius 1 is 1.25 bits per heavy atom. The van der Waals surface area contributed by atoms with Gasteiger partial charge in [-0.2, -0.15) is 5.10 Å². The van der Waals surface area contributed by atoms with Crippen LogP contribution >= 0.6 is 11.3 Å². The summed E-state index contributed by atoms with van der Waals surface area (Å²) in [7, 11) is 3.44. The summed E-state index contributed by atoms with van der Waals surface area (Å²) in [6.45, 7) is 5.70. The van der Waals surface area contributed by atoms with E-state index in [1.54, 1.807) is 36.4 Å². The van der Waals surface area contributed by atoms with Crippen molar-refractivity contribution in [1.29, 1.82) is 0 Å². The number of benzene rings is 1. The van der Waals surface area contributed by atoms with Gasteiger partial charge in [-0.15, -0.1) is 0 Å². The van der Waals surface area contributed by atoms with Crippen LogP contribution in [0.4, 0.5) is 0 Å². The second kappa shape index (κ2) is 8.58. The highest BCUT2D eigenvalue weighted by molar-refractivity contribution is 7.07. The van der Waals surface area contributed by atoms with Gasteiger partial charge in [-0.3, -0.25) is 14.0 Å². The SMILES string of the molecule is CCOC(=O)C1=C(C)N=c2s/c(=C\c3cnn(C)c3C)c(=O)n2[C@@H]1c1ccc(OC)cc1. The number of methoxy groups -OCH3 is 1. The summed E-state index contributed by atoms with van der Waals surface area (Å²) in [6, 6.07) is 6.67. The Morgan fingerprint density at radius 3 is 2.56 bits per heavy atom. The molecule has 4 rings (SSSR count). The van der Waals surface area contributed by atoms with Crippen molar-refractivity contribution in [3.05, 3.63) is 78.2 Å². The van der Waals surface area contributed by atoms with Crippen LogP contribution in [0, 0.1) is 6.92 Å². The van der Waals surface area contributed by atoms with Gasteiger partial charge in [-0.25, -0.2) is 9.79 Å². The molecule has 9 heteroatoms. The second-order valence-corrected chi connectivity index (χ2v) is 8.39. The van der Waals surface area contributed by atoms with Gasteiger partial charge in [0, 0.05) is 18.3 Å². The van der Waals surface area contributed by atoms with E-state index in [9.17, 15) is 9.59 Å². The first kappa shape index (κ1) is 21.8. The van der Waals surface area contributed by atoms with E-state index in [1.807, 2.05) is 44.3 Å². The van der Waals surface area contributed by atoms with E-state index in [-0.39, 0.29) is 12.2 Å². The van der Waals surface area contributed by atoms with Crippen molar-refractivity contribution in [3.8, 4) is 5.75 Å². The molecule has 0 unspecified atom stereocenters. The number of nitrogens with zero attached hydrogens (tertiary/aromatic N) is 4. The monoisotopic (exact) mass is 452 g/mol. The lowest BCUT2D eigenvalue weighted by molar-refractivity contribution is -0.139. The van der Waals surface area contributed by atoms with Crippen LogP contribution in [0.1, 0.15) is 36.7 Å². The number of allylic oxidation sites excluding steroid dienone is 1. The Hall–Kier alpha value is -3.46. The van der Waals surface area contributed by atoms with Crippen LogP contribution in [0.25, 0.3) is 6.08 Å². The Kier molecular flexibility index (Phi) is 5.84. The van der Waals surface area contributed by atoms with Crippen molar-refractivity contribution in [1.82, 2.24) is 14.3 Å². The fourth-order valence-electron chi connectivity index (χ4n) is 3.69. The molecule has 0 aliphatic carbocycles. The van der Waals surface area contributed by atoms with Crippen LogP contribution in [0.15, 0.2) is 51.5 Å². The van der Waals surface area contributed by atoms with Crippen molar-refractivity contribution in [2.75, 3.05) is 13.7 Å². The summed E-state index contributed by atoms with van der Waals surface area (Å²) in [5.74, 6) is 0.207. The molecule has 3 aromatic rings. The van der Waals surface area contributed by atoms with Crippen LogP contribution < -0.4 is 19.6 Å². The average Bonchev–Trinajstić information content (AvgIpc) is 3.26. The number of thiazole rings is 1. The predicted molar refractivity (Wildman–Crippen MR) is 121 cm³/mol. The van der Waals surface area contributed by atoms with E-state index >= 15 is 0 Å². The average molecular weight is 453 g/mol. The molecular formula is C23H24N4O4S. The molecule has 2 aromatic heterocycles. The number of aromatic nitrogens is 3. The number of hydrogen-bond acceptors (Lipinski definition) is 7. The van der Waals surface area contributed by atoms with E-state index in [0.717, 1.165) is 16.8 Å². The molecular weight excluding hydrogens is 428 g/mol. The zero-order valence-corrected chi connectivity index (χ0v) is 19.4. The maximum atomic E-state index is 13.5. The Bertz CT molecular complexity index is 1390. The molecule has 1 aliphatic rings. The molecule has 32 heavy (non-hydrogen) atoms. The van der Waals surface area contributed by atoms with Crippen molar-refractivity contribution < 1.29 is 14.3 Å². The first-order valence-electron chi connectivity index (χ1n) is 10.2. The Balaban J connectivity index is 1.95. The first-order chi connectivity index (χ1) is 15.3. The third-order valence-electron chi connectivity index (χ3n) is 5.51. The molecule has 0 saturated heterocycles. The van der Waals surface area contributed by atoms with Crippen LogP contribution in [-0.4, -0.2) is 34.0 Å². The third kappa shape index (κ3) is 3.69. The smallest absolute Gasteiger partial charge is 0.338 e.